The number of amidine groups is 1. The fraction of sp³-hybridized carbons (Fsp3) is 0.500. The van der Waals surface area contributed by atoms with E-state index < -0.39 is 0 Å². The molecule has 0 bridgehead atoms. The Bertz CT molecular complexity index is 506. The molecule has 0 atom stereocenters. The number of nitrogens with zero attached hydrogens (tertiary/aromatic N) is 3. The molecule has 19 heavy (non-hydrogen) atoms. The number of ether oxygens (including phenoxy) is 1. The molecule has 2 heterocycles. The number of hydrogen-bond donors (Lipinski definition) is 2. The molecule has 0 unspecified atom stereocenters. The van der Waals surface area contributed by atoms with Gasteiger partial charge in [-0.15, -0.1) is 0 Å². The molecule has 1 aromatic rings. The van der Waals surface area contributed by atoms with E-state index in [1.165, 1.54) is 0 Å². The van der Waals surface area contributed by atoms with Crippen LogP contribution in [0.1, 0.15) is 5.56 Å². The molecule has 0 spiro atoms. The number of pyridine rings is 1. The Hall–Kier alpha value is -1.86. The SMILES string of the molecule is N/C(=N/O)c1cccn(CCN2CCOCC2)c1=O. The molecule has 7 heteroatoms. The summed E-state index contributed by atoms with van der Waals surface area (Å²) >= 11 is 0. The van der Waals surface area contributed by atoms with E-state index in [1.54, 1.807) is 22.9 Å². The van der Waals surface area contributed by atoms with Crippen LogP contribution in [0, 0.1) is 0 Å². The van der Waals surface area contributed by atoms with Gasteiger partial charge in [0.05, 0.1) is 18.8 Å². The lowest BCUT2D eigenvalue weighted by Crippen LogP contribution is -2.39. The highest BCUT2D eigenvalue weighted by molar-refractivity contribution is 5.96. The minimum atomic E-state index is -0.244. The average molecular weight is 266 g/mol. The van der Waals surface area contributed by atoms with Crippen LogP contribution in [0.15, 0.2) is 28.3 Å². The summed E-state index contributed by atoms with van der Waals surface area (Å²) < 4.78 is 6.84. The Kier molecular flexibility index (Phi) is 4.53. The van der Waals surface area contributed by atoms with E-state index in [-0.39, 0.29) is 17.0 Å². The van der Waals surface area contributed by atoms with Gasteiger partial charge in [-0.1, -0.05) is 5.16 Å². The fourth-order valence-corrected chi connectivity index (χ4v) is 2.04. The van der Waals surface area contributed by atoms with Crippen molar-refractivity contribution in [3.63, 3.8) is 0 Å². The smallest absolute Gasteiger partial charge is 0.261 e. The molecule has 1 aromatic heterocycles. The molecule has 0 aromatic carbocycles. The van der Waals surface area contributed by atoms with Gasteiger partial charge in [-0.05, 0) is 12.1 Å². The third-order valence-electron chi connectivity index (χ3n) is 3.16. The zero-order chi connectivity index (χ0) is 13.7. The summed E-state index contributed by atoms with van der Waals surface area (Å²) in [4.78, 5) is 14.3. The molecular weight excluding hydrogens is 248 g/mol. The van der Waals surface area contributed by atoms with E-state index in [4.69, 9.17) is 15.7 Å². The van der Waals surface area contributed by atoms with Crippen LogP contribution in [-0.4, -0.2) is 53.4 Å². The van der Waals surface area contributed by atoms with Crippen LogP contribution in [0.4, 0.5) is 0 Å². The van der Waals surface area contributed by atoms with Crippen molar-refractivity contribution in [2.45, 2.75) is 6.54 Å². The average Bonchev–Trinajstić information content (AvgIpc) is 2.46. The normalized spacial score (nSPS) is 17.6. The van der Waals surface area contributed by atoms with E-state index in [9.17, 15) is 4.79 Å². The summed E-state index contributed by atoms with van der Waals surface area (Å²) in [5.74, 6) is -0.161. The summed E-state index contributed by atoms with van der Waals surface area (Å²) in [6.45, 7) is 4.59. The molecule has 1 saturated heterocycles. The van der Waals surface area contributed by atoms with Gasteiger partial charge in [0.25, 0.3) is 5.56 Å². The Balaban J connectivity index is 2.06. The van der Waals surface area contributed by atoms with Gasteiger partial charge in [0.2, 0.25) is 0 Å². The van der Waals surface area contributed by atoms with Gasteiger partial charge in [-0.3, -0.25) is 9.69 Å². The zero-order valence-corrected chi connectivity index (χ0v) is 10.7. The lowest BCUT2D eigenvalue weighted by atomic mass is 10.2. The van der Waals surface area contributed by atoms with Crippen LogP contribution >= 0.6 is 0 Å². The van der Waals surface area contributed by atoms with E-state index in [1.807, 2.05) is 0 Å². The van der Waals surface area contributed by atoms with Crippen molar-refractivity contribution in [2.24, 2.45) is 10.9 Å². The quantitative estimate of drug-likeness (QED) is 0.324. The van der Waals surface area contributed by atoms with E-state index in [0.717, 1.165) is 32.8 Å². The molecule has 0 radical (unpaired) electrons. The van der Waals surface area contributed by atoms with Gasteiger partial charge >= 0.3 is 0 Å². The molecule has 104 valence electrons. The lowest BCUT2D eigenvalue weighted by molar-refractivity contribution is 0.0363. The number of hydrogen-bond acceptors (Lipinski definition) is 5. The first-order valence-electron chi connectivity index (χ1n) is 6.20. The molecular formula is C12H18N4O3. The third-order valence-corrected chi connectivity index (χ3v) is 3.16. The van der Waals surface area contributed by atoms with Crippen molar-refractivity contribution in [2.75, 3.05) is 32.8 Å². The summed E-state index contributed by atoms with van der Waals surface area (Å²) in [7, 11) is 0. The monoisotopic (exact) mass is 266 g/mol. The highest BCUT2D eigenvalue weighted by atomic mass is 16.5. The second-order valence-electron chi connectivity index (χ2n) is 4.36. The summed E-state index contributed by atoms with van der Waals surface area (Å²) in [6.07, 6.45) is 1.71. The summed E-state index contributed by atoms with van der Waals surface area (Å²) in [5, 5.41) is 11.5. The Morgan fingerprint density at radius 1 is 1.42 bits per heavy atom. The molecule has 1 fully saturated rings. The van der Waals surface area contributed by atoms with Crippen LogP contribution in [-0.2, 0) is 11.3 Å². The number of oxime groups is 1. The van der Waals surface area contributed by atoms with Crippen molar-refractivity contribution in [1.29, 1.82) is 0 Å². The number of rotatable bonds is 4. The van der Waals surface area contributed by atoms with Crippen molar-refractivity contribution in [3.05, 3.63) is 34.2 Å². The molecule has 1 aliphatic rings. The van der Waals surface area contributed by atoms with Gasteiger partial charge in [0, 0.05) is 32.4 Å². The van der Waals surface area contributed by atoms with Crippen LogP contribution in [0.5, 0.6) is 0 Å². The van der Waals surface area contributed by atoms with Crippen molar-refractivity contribution >= 4 is 5.84 Å². The predicted octanol–water partition coefficient (Wildman–Crippen LogP) is -0.725. The second kappa shape index (κ2) is 6.35. The lowest BCUT2D eigenvalue weighted by Gasteiger charge is -2.26. The molecule has 0 amide bonds. The van der Waals surface area contributed by atoms with Gasteiger partial charge in [0.1, 0.15) is 0 Å². The Labute approximate surface area is 110 Å². The van der Waals surface area contributed by atoms with Gasteiger partial charge in [-0.25, -0.2) is 0 Å². The molecule has 2 rings (SSSR count). The molecule has 0 saturated carbocycles. The molecule has 0 aliphatic carbocycles. The van der Waals surface area contributed by atoms with Crippen LogP contribution in [0.25, 0.3) is 0 Å². The van der Waals surface area contributed by atoms with Crippen molar-refractivity contribution in [1.82, 2.24) is 9.47 Å². The highest BCUT2D eigenvalue weighted by Crippen LogP contribution is 1.98. The maximum atomic E-state index is 12.1. The topological polar surface area (TPSA) is 93.1 Å². The Morgan fingerprint density at radius 2 is 2.16 bits per heavy atom. The maximum absolute atomic E-state index is 12.1. The van der Waals surface area contributed by atoms with Crippen LogP contribution in [0.3, 0.4) is 0 Å². The van der Waals surface area contributed by atoms with E-state index >= 15 is 0 Å². The number of nitrogens with two attached hydrogens (primary N) is 1. The summed E-state index contributed by atoms with van der Waals surface area (Å²) in [6, 6.07) is 3.26. The fourth-order valence-electron chi connectivity index (χ4n) is 2.04. The van der Waals surface area contributed by atoms with Crippen molar-refractivity contribution < 1.29 is 9.94 Å². The van der Waals surface area contributed by atoms with Gasteiger partial charge < -0.3 is 20.2 Å². The first-order chi connectivity index (χ1) is 9.22. The Morgan fingerprint density at radius 3 is 2.84 bits per heavy atom. The minimum Gasteiger partial charge on any atom is -0.409 e. The summed E-state index contributed by atoms with van der Waals surface area (Å²) in [5.41, 5.74) is 5.43. The van der Waals surface area contributed by atoms with Crippen LogP contribution < -0.4 is 11.3 Å². The maximum Gasteiger partial charge on any atom is 0.261 e. The van der Waals surface area contributed by atoms with Crippen LogP contribution in [0.2, 0.25) is 0 Å². The largest absolute Gasteiger partial charge is 0.409 e. The first-order valence-corrected chi connectivity index (χ1v) is 6.20. The van der Waals surface area contributed by atoms with Gasteiger partial charge in [-0.2, -0.15) is 0 Å². The molecule has 3 N–H and O–H groups in total. The minimum absolute atomic E-state index is 0.161. The second-order valence-corrected chi connectivity index (χ2v) is 4.36. The number of morpholine rings is 1. The molecule has 7 nitrogen and oxygen atoms in total. The zero-order valence-electron chi connectivity index (χ0n) is 10.7. The molecule has 1 aliphatic heterocycles. The predicted molar refractivity (Wildman–Crippen MR) is 70.5 cm³/mol. The van der Waals surface area contributed by atoms with Gasteiger partial charge in [0.15, 0.2) is 5.84 Å². The highest BCUT2D eigenvalue weighted by Gasteiger charge is 2.11. The third kappa shape index (κ3) is 3.33. The van der Waals surface area contributed by atoms with E-state index in [0.29, 0.717) is 6.54 Å². The standard InChI is InChI=1S/C12H18N4O3/c13-11(14-18)10-2-1-3-16(12(10)17)5-4-15-6-8-19-9-7-15/h1-3,18H,4-9H2,(H2,13,14). The van der Waals surface area contributed by atoms with Crippen molar-refractivity contribution in [3.8, 4) is 0 Å². The number of aromatic nitrogens is 1. The first kappa shape index (κ1) is 13.6. The van der Waals surface area contributed by atoms with E-state index in [2.05, 4.69) is 10.1 Å².